The molecule has 0 fully saturated rings. The van der Waals surface area contributed by atoms with E-state index in [2.05, 4.69) is 5.32 Å². The molecule has 1 N–H and O–H groups in total. The van der Waals surface area contributed by atoms with Crippen LogP contribution in [-0.2, 0) is 38.8 Å². The zero-order valence-corrected chi connectivity index (χ0v) is 27.4. The number of alkyl halides is 3. The Hall–Kier alpha value is -4.35. The fourth-order valence-corrected chi connectivity index (χ4v) is 6.54. The van der Waals surface area contributed by atoms with Gasteiger partial charge in [0, 0.05) is 24.5 Å². The summed E-state index contributed by atoms with van der Waals surface area (Å²) in [6.45, 7) is 2.90. The SMILES string of the molecule is CCCNC(=O)C(Cc1ccccc1)N(Cc1ccccc1Cl)C(=O)CN(c1cccc(C(F)(F)F)c1)S(=O)(=O)c1ccc(C)cc1. The molecule has 4 rings (SSSR count). The van der Waals surface area contributed by atoms with Crippen LogP contribution in [-0.4, -0.2) is 44.3 Å². The van der Waals surface area contributed by atoms with Crippen molar-refractivity contribution in [3.8, 4) is 0 Å². The number of carbonyl (C=O) groups excluding carboxylic acids is 2. The average Bonchev–Trinajstić information content (AvgIpc) is 3.05. The van der Waals surface area contributed by atoms with E-state index >= 15 is 0 Å². The highest BCUT2D eigenvalue weighted by molar-refractivity contribution is 7.92. The summed E-state index contributed by atoms with van der Waals surface area (Å²) in [5, 5.41) is 3.16. The van der Waals surface area contributed by atoms with Crippen LogP contribution in [0.5, 0.6) is 0 Å². The van der Waals surface area contributed by atoms with Gasteiger partial charge in [0.1, 0.15) is 12.6 Å². The first kappa shape index (κ1) is 35.5. The monoisotopic (exact) mass is 685 g/mol. The van der Waals surface area contributed by atoms with Crippen LogP contribution in [0, 0.1) is 6.92 Å². The van der Waals surface area contributed by atoms with Gasteiger partial charge in [-0.2, -0.15) is 13.2 Å². The molecular formula is C35H35ClF3N3O4S. The summed E-state index contributed by atoms with van der Waals surface area (Å²) in [7, 11) is -4.57. The first-order chi connectivity index (χ1) is 22.3. The van der Waals surface area contributed by atoms with Crippen LogP contribution in [0.25, 0.3) is 0 Å². The minimum atomic E-state index is -4.77. The number of sulfonamides is 1. The zero-order chi connectivity index (χ0) is 34.2. The molecule has 4 aromatic rings. The number of halogens is 4. The summed E-state index contributed by atoms with van der Waals surface area (Å²) in [4.78, 5) is 29.2. The van der Waals surface area contributed by atoms with Gasteiger partial charge < -0.3 is 10.2 Å². The van der Waals surface area contributed by atoms with Gasteiger partial charge in [0.25, 0.3) is 10.0 Å². The van der Waals surface area contributed by atoms with E-state index in [9.17, 15) is 31.2 Å². The molecule has 47 heavy (non-hydrogen) atoms. The molecule has 7 nitrogen and oxygen atoms in total. The van der Waals surface area contributed by atoms with Gasteiger partial charge >= 0.3 is 6.18 Å². The van der Waals surface area contributed by atoms with Gasteiger partial charge in [0.05, 0.1) is 16.1 Å². The fourth-order valence-electron chi connectivity index (χ4n) is 4.93. The number of nitrogens with one attached hydrogen (secondary N) is 1. The predicted octanol–water partition coefficient (Wildman–Crippen LogP) is 7.03. The Labute approximate surface area is 278 Å². The molecule has 248 valence electrons. The highest BCUT2D eigenvalue weighted by Crippen LogP contribution is 2.33. The van der Waals surface area contributed by atoms with Crippen LogP contribution in [0.1, 0.15) is 35.6 Å². The second kappa shape index (κ2) is 15.5. The predicted molar refractivity (Wildman–Crippen MR) is 176 cm³/mol. The van der Waals surface area contributed by atoms with Crippen molar-refractivity contribution in [1.82, 2.24) is 10.2 Å². The maximum atomic E-state index is 14.4. The van der Waals surface area contributed by atoms with Gasteiger partial charge in [-0.05, 0) is 60.9 Å². The van der Waals surface area contributed by atoms with E-state index < -0.39 is 46.2 Å². The summed E-state index contributed by atoms with van der Waals surface area (Å²) in [6.07, 6.45) is -4.06. The minimum absolute atomic E-state index is 0.0842. The highest BCUT2D eigenvalue weighted by Gasteiger charge is 2.36. The number of amides is 2. The van der Waals surface area contributed by atoms with Gasteiger partial charge in [-0.3, -0.25) is 13.9 Å². The number of hydrogen-bond donors (Lipinski definition) is 1. The number of rotatable bonds is 13. The van der Waals surface area contributed by atoms with Gasteiger partial charge in [-0.25, -0.2) is 8.42 Å². The molecular weight excluding hydrogens is 651 g/mol. The molecule has 0 aliphatic heterocycles. The summed E-state index contributed by atoms with van der Waals surface area (Å²) >= 11 is 6.48. The molecule has 12 heteroatoms. The number of aryl methyl sites for hydroxylation is 1. The lowest BCUT2D eigenvalue weighted by Crippen LogP contribution is -2.53. The van der Waals surface area contributed by atoms with Crippen LogP contribution in [0.4, 0.5) is 18.9 Å². The van der Waals surface area contributed by atoms with E-state index in [1.807, 2.05) is 13.0 Å². The smallest absolute Gasteiger partial charge is 0.354 e. The molecule has 0 spiro atoms. The normalized spacial score (nSPS) is 12.3. The first-order valence-corrected chi connectivity index (χ1v) is 16.7. The van der Waals surface area contributed by atoms with E-state index in [1.54, 1.807) is 67.6 Å². The molecule has 0 heterocycles. The highest BCUT2D eigenvalue weighted by atomic mass is 35.5. The molecule has 0 bridgehead atoms. The summed E-state index contributed by atoms with van der Waals surface area (Å²) < 4.78 is 70.1. The summed E-state index contributed by atoms with van der Waals surface area (Å²) in [6, 6.07) is 24.1. The van der Waals surface area contributed by atoms with Crippen molar-refractivity contribution in [2.45, 2.75) is 50.3 Å². The topological polar surface area (TPSA) is 86.8 Å². The van der Waals surface area contributed by atoms with Crippen molar-refractivity contribution in [1.29, 1.82) is 0 Å². The van der Waals surface area contributed by atoms with E-state index in [1.165, 1.54) is 23.1 Å². The average molecular weight is 686 g/mol. The standard InChI is InChI=1S/C35H35ClF3N3O4S/c1-3-20-40-34(44)32(21-26-10-5-4-6-11-26)41(23-27-12-7-8-15-31(27)36)33(43)24-42(29-14-9-13-28(22-29)35(37,38)39)47(45,46)30-18-16-25(2)17-19-30/h4-19,22,32H,3,20-21,23-24H2,1-2H3,(H,40,44). The quantitative estimate of drug-likeness (QED) is 0.164. The number of hydrogen-bond acceptors (Lipinski definition) is 4. The first-order valence-electron chi connectivity index (χ1n) is 14.9. The number of nitrogens with zero attached hydrogens (tertiary/aromatic N) is 2. The van der Waals surface area contributed by atoms with Crippen molar-refractivity contribution < 1.29 is 31.2 Å². The molecule has 0 radical (unpaired) electrons. The molecule has 2 amide bonds. The summed E-state index contributed by atoms with van der Waals surface area (Å²) in [5.41, 5.74) is 0.555. The second-order valence-corrected chi connectivity index (χ2v) is 13.3. The molecule has 4 aromatic carbocycles. The minimum Gasteiger partial charge on any atom is -0.354 e. The Morgan fingerprint density at radius 1 is 0.894 bits per heavy atom. The fraction of sp³-hybridized carbons (Fsp3) is 0.257. The van der Waals surface area contributed by atoms with Crippen molar-refractivity contribution in [2.24, 2.45) is 0 Å². The van der Waals surface area contributed by atoms with Gasteiger partial charge in [-0.15, -0.1) is 0 Å². The molecule has 0 aromatic heterocycles. The van der Waals surface area contributed by atoms with Crippen molar-refractivity contribution in [2.75, 3.05) is 17.4 Å². The lowest BCUT2D eigenvalue weighted by molar-refractivity contribution is -0.140. The maximum Gasteiger partial charge on any atom is 0.416 e. The van der Waals surface area contributed by atoms with Crippen LogP contribution < -0.4 is 9.62 Å². The third kappa shape index (κ3) is 9.14. The molecule has 0 aliphatic rings. The van der Waals surface area contributed by atoms with Gasteiger partial charge in [-0.1, -0.05) is 90.8 Å². The second-order valence-electron chi connectivity index (χ2n) is 11.0. The summed E-state index contributed by atoms with van der Waals surface area (Å²) in [5.74, 6) is -1.28. The van der Waals surface area contributed by atoms with Gasteiger partial charge in [0.2, 0.25) is 11.8 Å². The van der Waals surface area contributed by atoms with Crippen LogP contribution >= 0.6 is 11.6 Å². The van der Waals surface area contributed by atoms with Crippen LogP contribution in [0.3, 0.4) is 0 Å². The zero-order valence-electron chi connectivity index (χ0n) is 25.9. The Balaban J connectivity index is 1.85. The van der Waals surface area contributed by atoms with Crippen LogP contribution in [0.2, 0.25) is 5.02 Å². The van der Waals surface area contributed by atoms with Crippen LogP contribution in [0.15, 0.2) is 108 Å². The number of carbonyl (C=O) groups is 2. The van der Waals surface area contributed by atoms with E-state index in [-0.39, 0.29) is 23.5 Å². The molecule has 1 unspecified atom stereocenters. The van der Waals surface area contributed by atoms with Gasteiger partial charge in [0.15, 0.2) is 0 Å². The van der Waals surface area contributed by atoms with Crippen molar-refractivity contribution >= 4 is 39.1 Å². The molecule has 0 saturated heterocycles. The van der Waals surface area contributed by atoms with Crippen molar-refractivity contribution in [3.63, 3.8) is 0 Å². The Morgan fingerprint density at radius 2 is 1.55 bits per heavy atom. The third-order valence-corrected chi connectivity index (χ3v) is 9.62. The van der Waals surface area contributed by atoms with E-state index in [0.717, 1.165) is 23.3 Å². The largest absolute Gasteiger partial charge is 0.416 e. The lowest BCUT2D eigenvalue weighted by Gasteiger charge is -2.34. The lowest BCUT2D eigenvalue weighted by atomic mass is 10.0. The Kier molecular flexibility index (Phi) is 11.7. The Morgan fingerprint density at radius 3 is 2.19 bits per heavy atom. The molecule has 1 atom stereocenters. The maximum absolute atomic E-state index is 14.4. The van der Waals surface area contributed by atoms with E-state index in [0.29, 0.717) is 33.9 Å². The molecule has 0 aliphatic carbocycles. The van der Waals surface area contributed by atoms with Crippen molar-refractivity contribution in [3.05, 3.63) is 130 Å². The number of anilines is 1. The van der Waals surface area contributed by atoms with E-state index in [4.69, 9.17) is 11.6 Å². The molecule has 0 saturated carbocycles. The third-order valence-electron chi connectivity index (χ3n) is 7.47. The number of benzene rings is 4. The Bertz CT molecular complexity index is 1790.